The average Bonchev–Trinajstić information content (AvgIpc) is 2.88. The average molecular weight is 246 g/mol. The Labute approximate surface area is 107 Å². The molecule has 0 saturated heterocycles. The van der Waals surface area contributed by atoms with Crippen molar-refractivity contribution in [1.29, 1.82) is 0 Å². The molecule has 1 atom stereocenters. The van der Waals surface area contributed by atoms with Crippen LogP contribution >= 0.6 is 11.3 Å². The van der Waals surface area contributed by atoms with Crippen LogP contribution in [0.4, 0.5) is 0 Å². The summed E-state index contributed by atoms with van der Waals surface area (Å²) in [5.74, 6) is 0.562. The summed E-state index contributed by atoms with van der Waals surface area (Å²) >= 11 is 1.66. The molecule has 2 aromatic rings. The van der Waals surface area contributed by atoms with Gasteiger partial charge >= 0.3 is 0 Å². The summed E-state index contributed by atoms with van der Waals surface area (Å²) in [4.78, 5) is 4.27. The zero-order chi connectivity index (χ0) is 11.9. The van der Waals surface area contributed by atoms with E-state index in [4.69, 9.17) is 0 Å². The molecule has 2 nitrogen and oxygen atoms in total. The Kier molecular flexibility index (Phi) is 4.71. The molecule has 0 aliphatic heterocycles. The molecule has 1 N–H and O–H groups in total. The lowest BCUT2D eigenvalue weighted by Gasteiger charge is -2.12. The summed E-state index contributed by atoms with van der Waals surface area (Å²) in [7, 11) is 0. The third-order valence-corrected chi connectivity index (χ3v) is 3.50. The molecule has 1 aromatic carbocycles. The van der Waals surface area contributed by atoms with Gasteiger partial charge in [0.1, 0.15) is 0 Å². The molecule has 0 spiro atoms. The fourth-order valence-corrected chi connectivity index (χ4v) is 2.39. The largest absolute Gasteiger partial charge is 0.316 e. The van der Waals surface area contributed by atoms with Crippen molar-refractivity contribution in [1.82, 2.24) is 10.3 Å². The lowest BCUT2D eigenvalue weighted by molar-refractivity contribution is 0.613. The van der Waals surface area contributed by atoms with Crippen LogP contribution in [-0.4, -0.2) is 18.1 Å². The molecule has 1 aromatic heterocycles. The van der Waals surface area contributed by atoms with Gasteiger partial charge in [0, 0.05) is 24.9 Å². The van der Waals surface area contributed by atoms with Crippen LogP contribution in [-0.2, 0) is 6.42 Å². The maximum atomic E-state index is 4.27. The van der Waals surface area contributed by atoms with Crippen molar-refractivity contribution in [3.05, 3.63) is 52.5 Å². The van der Waals surface area contributed by atoms with Gasteiger partial charge in [-0.2, -0.15) is 0 Å². The standard InChI is InChI=1S/C14H18N2S/c1-12(13-5-3-2-4-6-13)9-15-8-7-14-10-17-11-16-14/h2-6,10-12,15H,7-9H2,1H3. The molecule has 2 rings (SSSR count). The summed E-state index contributed by atoms with van der Waals surface area (Å²) in [5.41, 5.74) is 4.48. The minimum absolute atomic E-state index is 0.562. The predicted octanol–water partition coefficient (Wildman–Crippen LogP) is 3.08. The van der Waals surface area contributed by atoms with E-state index in [2.05, 4.69) is 52.9 Å². The van der Waals surface area contributed by atoms with E-state index >= 15 is 0 Å². The van der Waals surface area contributed by atoms with Gasteiger partial charge in [-0.1, -0.05) is 37.3 Å². The van der Waals surface area contributed by atoms with Crippen molar-refractivity contribution >= 4 is 11.3 Å². The van der Waals surface area contributed by atoms with E-state index in [1.54, 1.807) is 11.3 Å². The molecule has 0 aliphatic rings. The molecule has 1 unspecified atom stereocenters. The second kappa shape index (κ2) is 6.52. The fraction of sp³-hybridized carbons (Fsp3) is 0.357. The van der Waals surface area contributed by atoms with Crippen LogP contribution in [0.2, 0.25) is 0 Å². The lowest BCUT2D eigenvalue weighted by atomic mass is 10.0. The highest BCUT2D eigenvalue weighted by Crippen LogP contribution is 2.12. The van der Waals surface area contributed by atoms with Gasteiger partial charge in [-0.05, 0) is 11.5 Å². The number of hydrogen-bond donors (Lipinski definition) is 1. The van der Waals surface area contributed by atoms with Crippen LogP contribution in [0.15, 0.2) is 41.2 Å². The highest BCUT2D eigenvalue weighted by atomic mass is 32.1. The van der Waals surface area contributed by atoms with Gasteiger partial charge in [0.15, 0.2) is 0 Å². The van der Waals surface area contributed by atoms with E-state index < -0.39 is 0 Å². The van der Waals surface area contributed by atoms with Gasteiger partial charge in [0.25, 0.3) is 0 Å². The van der Waals surface area contributed by atoms with Crippen LogP contribution < -0.4 is 5.32 Å². The van der Waals surface area contributed by atoms with Gasteiger partial charge in [0.05, 0.1) is 11.2 Å². The molecule has 0 fully saturated rings. The van der Waals surface area contributed by atoms with Gasteiger partial charge in [-0.25, -0.2) is 4.98 Å². The van der Waals surface area contributed by atoms with E-state index in [9.17, 15) is 0 Å². The molecule has 90 valence electrons. The summed E-state index contributed by atoms with van der Waals surface area (Å²) in [6.07, 6.45) is 1.02. The normalized spacial score (nSPS) is 12.5. The van der Waals surface area contributed by atoms with Crippen molar-refractivity contribution in [3.63, 3.8) is 0 Å². The highest BCUT2D eigenvalue weighted by Gasteiger charge is 2.03. The third kappa shape index (κ3) is 3.95. The molecule has 0 amide bonds. The molecule has 0 saturated carbocycles. The fourth-order valence-electron chi connectivity index (χ4n) is 1.80. The molecule has 17 heavy (non-hydrogen) atoms. The molecule has 0 radical (unpaired) electrons. The van der Waals surface area contributed by atoms with Gasteiger partial charge in [-0.3, -0.25) is 0 Å². The molecular weight excluding hydrogens is 228 g/mol. The number of aromatic nitrogens is 1. The SMILES string of the molecule is CC(CNCCc1cscn1)c1ccccc1. The molecule has 0 bridgehead atoms. The van der Waals surface area contributed by atoms with E-state index in [1.807, 2.05) is 5.51 Å². The topological polar surface area (TPSA) is 24.9 Å². The predicted molar refractivity (Wildman–Crippen MR) is 73.5 cm³/mol. The van der Waals surface area contributed by atoms with Crippen molar-refractivity contribution in [2.75, 3.05) is 13.1 Å². The van der Waals surface area contributed by atoms with Crippen LogP contribution in [0.5, 0.6) is 0 Å². The third-order valence-electron chi connectivity index (χ3n) is 2.86. The highest BCUT2D eigenvalue weighted by molar-refractivity contribution is 7.07. The second-order valence-corrected chi connectivity index (χ2v) is 4.96. The molecule has 1 heterocycles. The number of nitrogens with zero attached hydrogens (tertiary/aromatic N) is 1. The molecule has 3 heteroatoms. The minimum Gasteiger partial charge on any atom is -0.316 e. The summed E-state index contributed by atoms with van der Waals surface area (Å²) in [6, 6.07) is 10.6. The number of rotatable bonds is 6. The number of hydrogen-bond acceptors (Lipinski definition) is 3. The Morgan fingerprint density at radius 1 is 1.29 bits per heavy atom. The first-order valence-electron chi connectivity index (χ1n) is 5.99. The maximum Gasteiger partial charge on any atom is 0.0794 e. The van der Waals surface area contributed by atoms with Crippen molar-refractivity contribution in [3.8, 4) is 0 Å². The van der Waals surface area contributed by atoms with Crippen molar-refractivity contribution < 1.29 is 0 Å². The molecule has 0 aliphatic carbocycles. The Morgan fingerprint density at radius 2 is 2.12 bits per heavy atom. The Bertz CT molecular complexity index is 411. The van der Waals surface area contributed by atoms with Crippen LogP contribution in [0.25, 0.3) is 0 Å². The first-order valence-corrected chi connectivity index (χ1v) is 6.93. The number of benzene rings is 1. The van der Waals surface area contributed by atoms with E-state index in [1.165, 1.54) is 11.3 Å². The van der Waals surface area contributed by atoms with Gasteiger partial charge < -0.3 is 5.32 Å². The number of nitrogens with one attached hydrogen (secondary N) is 1. The van der Waals surface area contributed by atoms with Crippen molar-refractivity contribution in [2.24, 2.45) is 0 Å². The van der Waals surface area contributed by atoms with Crippen molar-refractivity contribution in [2.45, 2.75) is 19.3 Å². The number of thiazole rings is 1. The summed E-state index contributed by atoms with van der Waals surface area (Å²) in [6.45, 7) is 4.28. The van der Waals surface area contributed by atoms with Crippen LogP contribution in [0.3, 0.4) is 0 Å². The van der Waals surface area contributed by atoms with Gasteiger partial charge in [-0.15, -0.1) is 11.3 Å². The monoisotopic (exact) mass is 246 g/mol. The van der Waals surface area contributed by atoms with Gasteiger partial charge in [0.2, 0.25) is 0 Å². The first-order chi connectivity index (χ1) is 8.36. The summed E-state index contributed by atoms with van der Waals surface area (Å²) in [5, 5.41) is 5.60. The quantitative estimate of drug-likeness (QED) is 0.792. The maximum absolute atomic E-state index is 4.27. The second-order valence-electron chi connectivity index (χ2n) is 4.25. The Hall–Kier alpha value is -1.19. The molecular formula is C14H18N2S. The smallest absolute Gasteiger partial charge is 0.0794 e. The first kappa shape index (κ1) is 12.3. The zero-order valence-electron chi connectivity index (χ0n) is 10.1. The summed E-state index contributed by atoms with van der Waals surface area (Å²) < 4.78 is 0. The zero-order valence-corrected chi connectivity index (χ0v) is 10.9. The van der Waals surface area contributed by atoms with Crippen LogP contribution in [0.1, 0.15) is 24.1 Å². The van der Waals surface area contributed by atoms with E-state index in [0.717, 1.165) is 19.5 Å². The van der Waals surface area contributed by atoms with E-state index in [-0.39, 0.29) is 0 Å². The lowest BCUT2D eigenvalue weighted by Crippen LogP contribution is -2.22. The Morgan fingerprint density at radius 3 is 2.82 bits per heavy atom. The van der Waals surface area contributed by atoms with Crippen LogP contribution in [0, 0.1) is 0 Å². The van der Waals surface area contributed by atoms with E-state index in [0.29, 0.717) is 5.92 Å². The minimum atomic E-state index is 0.562. The Balaban J connectivity index is 1.68.